The second-order valence-corrected chi connectivity index (χ2v) is 5.79. The molecule has 1 aromatic rings. The van der Waals surface area contributed by atoms with Crippen molar-refractivity contribution in [1.82, 2.24) is 5.32 Å². The molecule has 1 aromatic carbocycles. The maximum absolute atomic E-state index is 12.5. The van der Waals surface area contributed by atoms with Crippen LogP contribution in [0.4, 0.5) is 10.5 Å². The summed E-state index contributed by atoms with van der Waals surface area (Å²) >= 11 is 0. The van der Waals surface area contributed by atoms with Crippen molar-refractivity contribution >= 4 is 11.7 Å². The van der Waals surface area contributed by atoms with Crippen LogP contribution in [0.2, 0.25) is 0 Å². The fourth-order valence-electron chi connectivity index (χ4n) is 2.96. The van der Waals surface area contributed by atoms with Gasteiger partial charge in [0.1, 0.15) is 0 Å². The Balaban J connectivity index is 2.21. The molecule has 0 spiro atoms. The summed E-state index contributed by atoms with van der Waals surface area (Å²) < 4.78 is 0. The first-order valence-electron chi connectivity index (χ1n) is 8.12. The van der Waals surface area contributed by atoms with Crippen LogP contribution >= 0.6 is 0 Å². The summed E-state index contributed by atoms with van der Waals surface area (Å²) in [4.78, 5) is 14.4. The van der Waals surface area contributed by atoms with E-state index in [0.717, 1.165) is 43.5 Å². The predicted molar refractivity (Wildman–Crippen MR) is 90.3 cm³/mol. The first-order chi connectivity index (χ1) is 10.7. The quantitative estimate of drug-likeness (QED) is 0.627. The number of urea groups is 1. The van der Waals surface area contributed by atoms with E-state index in [4.69, 9.17) is 5.11 Å². The SMILES string of the molecule is CCCCNC(=O)N1c2c(C/C=C\CO)cccc2CC1C. The van der Waals surface area contributed by atoms with E-state index in [1.807, 2.05) is 17.0 Å². The molecule has 0 saturated carbocycles. The molecule has 0 saturated heterocycles. The summed E-state index contributed by atoms with van der Waals surface area (Å²) in [5.74, 6) is 0. The lowest BCUT2D eigenvalue weighted by molar-refractivity contribution is 0.245. The number of benzene rings is 1. The van der Waals surface area contributed by atoms with Crippen molar-refractivity contribution in [2.24, 2.45) is 0 Å². The fraction of sp³-hybridized carbons (Fsp3) is 0.500. The van der Waals surface area contributed by atoms with Gasteiger partial charge in [0.25, 0.3) is 0 Å². The molecular formula is C18H26N2O2. The number of hydrogen-bond acceptors (Lipinski definition) is 2. The van der Waals surface area contributed by atoms with Gasteiger partial charge in [0.2, 0.25) is 0 Å². The Hall–Kier alpha value is -1.81. The Morgan fingerprint density at radius 1 is 1.45 bits per heavy atom. The van der Waals surface area contributed by atoms with Gasteiger partial charge in [-0.05, 0) is 37.3 Å². The van der Waals surface area contributed by atoms with Crippen molar-refractivity contribution in [3.63, 3.8) is 0 Å². The van der Waals surface area contributed by atoms with Crippen molar-refractivity contribution in [2.45, 2.75) is 45.6 Å². The Morgan fingerprint density at radius 3 is 3.00 bits per heavy atom. The summed E-state index contributed by atoms with van der Waals surface area (Å²) in [7, 11) is 0. The zero-order valence-electron chi connectivity index (χ0n) is 13.5. The number of amides is 2. The molecule has 0 aliphatic carbocycles. The number of carbonyl (C=O) groups excluding carboxylic acids is 1. The zero-order valence-corrected chi connectivity index (χ0v) is 13.5. The molecule has 1 atom stereocenters. The van der Waals surface area contributed by atoms with Crippen molar-refractivity contribution in [2.75, 3.05) is 18.1 Å². The molecule has 1 aliphatic heterocycles. The minimum atomic E-state index is -0.00159. The summed E-state index contributed by atoms with van der Waals surface area (Å²) in [5, 5.41) is 11.9. The van der Waals surface area contributed by atoms with Gasteiger partial charge in [-0.25, -0.2) is 4.79 Å². The fourth-order valence-corrected chi connectivity index (χ4v) is 2.96. The van der Waals surface area contributed by atoms with Gasteiger partial charge >= 0.3 is 6.03 Å². The third-order valence-corrected chi connectivity index (χ3v) is 4.04. The Labute approximate surface area is 132 Å². The number of anilines is 1. The van der Waals surface area contributed by atoms with E-state index in [9.17, 15) is 4.79 Å². The maximum Gasteiger partial charge on any atom is 0.322 e. The number of unbranched alkanes of at least 4 members (excludes halogenated alkanes) is 1. The van der Waals surface area contributed by atoms with Crippen LogP contribution in [0.5, 0.6) is 0 Å². The zero-order chi connectivity index (χ0) is 15.9. The number of carbonyl (C=O) groups is 1. The number of nitrogens with zero attached hydrogens (tertiary/aromatic N) is 1. The number of aliphatic hydroxyl groups is 1. The predicted octanol–water partition coefficient (Wildman–Crippen LogP) is 3.04. The normalized spacial score (nSPS) is 17.0. The molecule has 0 aromatic heterocycles. The minimum Gasteiger partial charge on any atom is -0.392 e. The third-order valence-electron chi connectivity index (χ3n) is 4.04. The Kier molecular flexibility index (Phi) is 6.01. The van der Waals surface area contributed by atoms with Crippen LogP contribution in [0.1, 0.15) is 37.8 Å². The van der Waals surface area contributed by atoms with Gasteiger partial charge in [-0.2, -0.15) is 0 Å². The Morgan fingerprint density at radius 2 is 2.27 bits per heavy atom. The van der Waals surface area contributed by atoms with Crippen LogP contribution < -0.4 is 10.2 Å². The molecule has 22 heavy (non-hydrogen) atoms. The highest BCUT2D eigenvalue weighted by Crippen LogP contribution is 2.35. The first kappa shape index (κ1) is 16.6. The van der Waals surface area contributed by atoms with E-state index in [1.165, 1.54) is 5.56 Å². The monoisotopic (exact) mass is 302 g/mol. The molecule has 0 radical (unpaired) electrons. The van der Waals surface area contributed by atoms with Gasteiger partial charge in [-0.15, -0.1) is 0 Å². The number of allylic oxidation sites excluding steroid dienone is 1. The van der Waals surface area contributed by atoms with E-state index in [-0.39, 0.29) is 18.7 Å². The smallest absolute Gasteiger partial charge is 0.322 e. The van der Waals surface area contributed by atoms with Gasteiger partial charge in [0, 0.05) is 12.6 Å². The van der Waals surface area contributed by atoms with Gasteiger partial charge in [0.05, 0.1) is 12.3 Å². The number of nitrogens with one attached hydrogen (secondary N) is 1. The van der Waals surface area contributed by atoms with E-state index >= 15 is 0 Å². The highest BCUT2D eigenvalue weighted by atomic mass is 16.2. The highest BCUT2D eigenvalue weighted by molar-refractivity contribution is 5.96. The molecule has 2 amide bonds. The molecule has 1 unspecified atom stereocenters. The molecule has 4 nitrogen and oxygen atoms in total. The number of aliphatic hydroxyl groups excluding tert-OH is 1. The lowest BCUT2D eigenvalue weighted by Crippen LogP contribution is -2.43. The minimum absolute atomic E-state index is 0.00159. The number of fused-ring (bicyclic) bond motifs is 1. The Bertz CT molecular complexity index is 540. The van der Waals surface area contributed by atoms with E-state index in [2.05, 4.69) is 31.3 Å². The summed E-state index contributed by atoms with van der Waals surface area (Å²) in [6.07, 6.45) is 7.39. The van der Waals surface area contributed by atoms with Crippen molar-refractivity contribution < 1.29 is 9.90 Å². The molecule has 4 heteroatoms. The van der Waals surface area contributed by atoms with Crippen molar-refractivity contribution in [1.29, 1.82) is 0 Å². The van der Waals surface area contributed by atoms with Gasteiger partial charge in [-0.1, -0.05) is 43.7 Å². The average molecular weight is 302 g/mol. The standard InChI is InChI=1S/C18H26N2O2/c1-3-4-11-19-18(22)20-14(2)13-16-10-7-9-15(17(16)20)8-5-6-12-21/h5-7,9-10,14,21H,3-4,8,11-13H2,1-2H3,(H,19,22)/b6-5-. The van der Waals surface area contributed by atoms with Crippen LogP contribution in [0.25, 0.3) is 0 Å². The second kappa shape index (κ2) is 7.99. The average Bonchev–Trinajstić information content (AvgIpc) is 2.84. The largest absolute Gasteiger partial charge is 0.392 e. The van der Waals surface area contributed by atoms with Crippen LogP contribution in [0.3, 0.4) is 0 Å². The molecule has 120 valence electrons. The second-order valence-electron chi connectivity index (χ2n) is 5.79. The highest BCUT2D eigenvalue weighted by Gasteiger charge is 2.32. The molecule has 0 fully saturated rings. The lowest BCUT2D eigenvalue weighted by atomic mass is 10.0. The summed E-state index contributed by atoms with van der Waals surface area (Å²) in [5.41, 5.74) is 3.41. The van der Waals surface area contributed by atoms with Gasteiger partial charge in [-0.3, -0.25) is 4.90 Å². The summed E-state index contributed by atoms with van der Waals surface area (Å²) in [6.45, 7) is 4.98. The van der Waals surface area contributed by atoms with Crippen LogP contribution in [-0.4, -0.2) is 30.3 Å². The first-order valence-corrected chi connectivity index (χ1v) is 8.12. The topological polar surface area (TPSA) is 52.6 Å². The molecular weight excluding hydrogens is 276 g/mol. The third kappa shape index (κ3) is 3.69. The van der Waals surface area contributed by atoms with E-state index in [0.29, 0.717) is 0 Å². The molecule has 0 bridgehead atoms. The lowest BCUT2D eigenvalue weighted by Gasteiger charge is -2.25. The van der Waals surface area contributed by atoms with Crippen LogP contribution in [-0.2, 0) is 12.8 Å². The maximum atomic E-state index is 12.5. The van der Waals surface area contributed by atoms with E-state index in [1.54, 1.807) is 6.08 Å². The summed E-state index contributed by atoms with van der Waals surface area (Å²) in [6, 6.07) is 6.39. The van der Waals surface area contributed by atoms with E-state index < -0.39 is 0 Å². The molecule has 1 heterocycles. The number of para-hydroxylation sites is 1. The molecule has 2 N–H and O–H groups in total. The van der Waals surface area contributed by atoms with Crippen molar-refractivity contribution in [3.8, 4) is 0 Å². The van der Waals surface area contributed by atoms with Gasteiger partial charge < -0.3 is 10.4 Å². The molecule has 1 aliphatic rings. The van der Waals surface area contributed by atoms with Crippen molar-refractivity contribution in [3.05, 3.63) is 41.5 Å². The number of rotatable bonds is 6. The van der Waals surface area contributed by atoms with Gasteiger partial charge in [0.15, 0.2) is 0 Å². The molecule has 2 rings (SSSR count). The number of hydrogen-bond donors (Lipinski definition) is 2. The van der Waals surface area contributed by atoms with Crippen LogP contribution in [0.15, 0.2) is 30.4 Å². The van der Waals surface area contributed by atoms with Crippen LogP contribution in [0, 0.1) is 0 Å².